The Balaban J connectivity index is 1.77. The quantitative estimate of drug-likeness (QED) is 0.834. The van der Waals surface area contributed by atoms with Gasteiger partial charge in [-0.3, -0.25) is 4.68 Å². The maximum Gasteiger partial charge on any atom is 0.280 e. The molecule has 2 fully saturated rings. The lowest BCUT2D eigenvalue weighted by molar-refractivity contribution is 0.0277. The van der Waals surface area contributed by atoms with Crippen LogP contribution in [0.25, 0.3) is 0 Å². The van der Waals surface area contributed by atoms with Gasteiger partial charge in [-0.25, -0.2) is 0 Å². The highest BCUT2D eigenvalue weighted by Crippen LogP contribution is 2.38. The van der Waals surface area contributed by atoms with E-state index >= 15 is 0 Å². The highest BCUT2D eigenvalue weighted by molar-refractivity contribution is 7.87. The summed E-state index contributed by atoms with van der Waals surface area (Å²) >= 11 is 0. The van der Waals surface area contributed by atoms with Crippen LogP contribution in [0.15, 0.2) is 12.4 Å². The van der Waals surface area contributed by atoms with Gasteiger partial charge in [0, 0.05) is 31.9 Å². The molecule has 0 spiro atoms. The van der Waals surface area contributed by atoms with Gasteiger partial charge in [-0.2, -0.15) is 22.5 Å². The standard InChI is InChI=1S/C15H26N4O3S/c1-18-11-13(10-16-18)15(12-8-14(20)9-12)17-23(21,22)19-6-4-2-3-5-7-19/h10-12,14-15,17,20H,2-9H2,1H3/t12?,14?,15-/m0/s1. The molecule has 23 heavy (non-hydrogen) atoms. The number of aliphatic hydroxyl groups is 1. The predicted octanol–water partition coefficient (Wildman–Crippen LogP) is 0.942. The molecule has 130 valence electrons. The van der Waals surface area contributed by atoms with Crippen LogP contribution in [0, 0.1) is 5.92 Å². The van der Waals surface area contributed by atoms with Crippen LogP contribution >= 0.6 is 0 Å². The first-order chi connectivity index (χ1) is 11.0. The molecule has 1 saturated carbocycles. The van der Waals surface area contributed by atoms with Crippen molar-refractivity contribution in [2.24, 2.45) is 13.0 Å². The molecule has 0 bridgehead atoms. The second kappa shape index (κ2) is 6.88. The van der Waals surface area contributed by atoms with Gasteiger partial charge in [0.15, 0.2) is 0 Å². The van der Waals surface area contributed by atoms with Gasteiger partial charge in [0.25, 0.3) is 10.2 Å². The Bertz CT molecular complexity index is 616. The van der Waals surface area contributed by atoms with Crippen molar-refractivity contribution in [2.45, 2.75) is 50.7 Å². The lowest BCUT2D eigenvalue weighted by atomic mass is 9.76. The minimum Gasteiger partial charge on any atom is -0.393 e. The monoisotopic (exact) mass is 342 g/mol. The Morgan fingerprint density at radius 1 is 1.26 bits per heavy atom. The molecule has 3 rings (SSSR count). The lowest BCUT2D eigenvalue weighted by Gasteiger charge is -2.38. The van der Waals surface area contributed by atoms with E-state index < -0.39 is 10.2 Å². The van der Waals surface area contributed by atoms with Crippen LogP contribution < -0.4 is 4.72 Å². The normalized spacial score (nSPS) is 28.1. The Morgan fingerprint density at radius 3 is 2.43 bits per heavy atom. The smallest absolute Gasteiger partial charge is 0.280 e. The maximum atomic E-state index is 12.8. The van der Waals surface area contributed by atoms with Crippen LogP contribution in [-0.2, 0) is 17.3 Å². The molecule has 1 aliphatic carbocycles. The Hall–Kier alpha value is -0.960. The van der Waals surface area contributed by atoms with Crippen molar-refractivity contribution in [3.05, 3.63) is 18.0 Å². The molecular weight excluding hydrogens is 316 g/mol. The fraction of sp³-hybridized carbons (Fsp3) is 0.800. The molecule has 0 amide bonds. The minimum absolute atomic E-state index is 0.121. The van der Waals surface area contributed by atoms with Crippen molar-refractivity contribution in [3.63, 3.8) is 0 Å². The third-order valence-corrected chi connectivity index (χ3v) is 6.48. The van der Waals surface area contributed by atoms with Crippen LogP contribution in [0.5, 0.6) is 0 Å². The van der Waals surface area contributed by atoms with E-state index in [0.29, 0.717) is 25.9 Å². The molecule has 1 atom stereocenters. The number of rotatable bonds is 5. The molecular formula is C15H26N4O3S. The second-order valence-electron chi connectivity index (χ2n) is 6.75. The number of hydrogen-bond acceptors (Lipinski definition) is 4. The predicted molar refractivity (Wildman–Crippen MR) is 86.8 cm³/mol. The Kier molecular flexibility index (Phi) is 5.05. The molecule has 2 N–H and O–H groups in total. The number of aliphatic hydroxyl groups excluding tert-OH is 1. The van der Waals surface area contributed by atoms with Crippen molar-refractivity contribution >= 4 is 10.2 Å². The molecule has 0 radical (unpaired) electrons. The summed E-state index contributed by atoms with van der Waals surface area (Å²) in [6.45, 7) is 1.17. The molecule has 0 aromatic carbocycles. The van der Waals surface area contributed by atoms with Gasteiger partial charge in [-0.1, -0.05) is 12.8 Å². The second-order valence-corrected chi connectivity index (χ2v) is 8.45. The summed E-state index contributed by atoms with van der Waals surface area (Å²) in [7, 11) is -1.70. The van der Waals surface area contributed by atoms with Crippen LogP contribution in [0.3, 0.4) is 0 Å². The van der Waals surface area contributed by atoms with Crippen molar-refractivity contribution in [3.8, 4) is 0 Å². The van der Waals surface area contributed by atoms with E-state index in [1.54, 1.807) is 15.2 Å². The average Bonchev–Trinajstić information content (AvgIpc) is 2.74. The number of aromatic nitrogens is 2. The molecule has 1 aromatic heterocycles. The van der Waals surface area contributed by atoms with Gasteiger partial charge in [-0.05, 0) is 31.6 Å². The fourth-order valence-corrected chi connectivity index (χ4v) is 4.99. The van der Waals surface area contributed by atoms with E-state index in [0.717, 1.165) is 31.2 Å². The van der Waals surface area contributed by atoms with Crippen LogP contribution in [0.1, 0.15) is 50.1 Å². The summed E-state index contributed by atoms with van der Waals surface area (Å²) in [4.78, 5) is 0. The van der Waals surface area contributed by atoms with Gasteiger partial charge in [0.1, 0.15) is 0 Å². The minimum atomic E-state index is -3.52. The van der Waals surface area contributed by atoms with Crippen molar-refractivity contribution in [1.29, 1.82) is 0 Å². The zero-order valence-corrected chi connectivity index (χ0v) is 14.4. The molecule has 1 saturated heterocycles. The van der Waals surface area contributed by atoms with Gasteiger partial charge in [0.05, 0.1) is 18.3 Å². The molecule has 1 aromatic rings. The summed E-state index contributed by atoms with van der Waals surface area (Å²) in [6.07, 6.45) is 8.51. The average molecular weight is 342 g/mol. The number of hydrogen-bond donors (Lipinski definition) is 2. The summed E-state index contributed by atoms with van der Waals surface area (Å²) in [5.74, 6) is 0.121. The molecule has 1 aliphatic heterocycles. The molecule has 2 heterocycles. The van der Waals surface area contributed by atoms with Crippen molar-refractivity contribution < 1.29 is 13.5 Å². The van der Waals surface area contributed by atoms with Gasteiger partial charge in [0.2, 0.25) is 0 Å². The Labute approximate surface area is 137 Å². The first-order valence-electron chi connectivity index (χ1n) is 8.40. The lowest BCUT2D eigenvalue weighted by Crippen LogP contribution is -2.47. The van der Waals surface area contributed by atoms with Gasteiger partial charge >= 0.3 is 0 Å². The molecule has 0 unspecified atom stereocenters. The summed E-state index contributed by atoms with van der Waals surface area (Å²) in [5, 5.41) is 13.8. The first kappa shape index (κ1) is 16.9. The van der Waals surface area contributed by atoms with Crippen molar-refractivity contribution in [2.75, 3.05) is 13.1 Å². The van der Waals surface area contributed by atoms with E-state index in [1.807, 2.05) is 13.2 Å². The zero-order valence-electron chi connectivity index (χ0n) is 13.6. The van der Waals surface area contributed by atoms with E-state index in [4.69, 9.17) is 0 Å². The summed E-state index contributed by atoms with van der Waals surface area (Å²) in [5.41, 5.74) is 0.864. The summed E-state index contributed by atoms with van der Waals surface area (Å²) < 4.78 is 31.7. The molecule has 8 heteroatoms. The largest absolute Gasteiger partial charge is 0.393 e. The van der Waals surface area contributed by atoms with Gasteiger partial charge < -0.3 is 5.11 Å². The van der Waals surface area contributed by atoms with E-state index in [9.17, 15) is 13.5 Å². The van der Waals surface area contributed by atoms with E-state index in [1.165, 1.54) is 0 Å². The SMILES string of the molecule is Cn1cc([C@@H](NS(=O)(=O)N2CCCCCC2)C2CC(O)C2)cn1. The third kappa shape index (κ3) is 3.93. The highest BCUT2D eigenvalue weighted by Gasteiger charge is 2.38. The summed E-state index contributed by atoms with van der Waals surface area (Å²) in [6, 6.07) is -0.319. The number of nitrogens with one attached hydrogen (secondary N) is 1. The zero-order chi connectivity index (χ0) is 16.4. The molecule has 2 aliphatic rings. The maximum absolute atomic E-state index is 12.8. The topological polar surface area (TPSA) is 87.5 Å². The molecule has 7 nitrogen and oxygen atoms in total. The van der Waals surface area contributed by atoms with E-state index in [-0.39, 0.29) is 18.1 Å². The van der Waals surface area contributed by atoms with Crippen LogP contribution in [0.4, 0.5) is 0 Å². The van der Waals surface area contributed by atoms with E-state index in [2.05, 4.69) is 9.82 Å². The Morgan fingerprint density at radius 2 is 1.91 bits per heavy atom. The van der Waals surface area contributed by atoms with Crippen LogP contribution in [-0.4, -0.2) is 46.8 Å². The first-order valence-corrected chi connectivity index (χ1v) is 9.84. The van der Waals surface area contributed by atoms with Crippen LogP contribution in [0.2, 0.25) is 0 Å². The van der Waals surface area contributed by atoms with Gasteiger partial charge in [-0.15, -0.1) is 0 Å². The fourth-order valence-electron chi connectivity index (χ4n) is 3.46. The highest BCUT2D eigenvalue weighted by atomic mass is 32.2. The number of nitrogens with zero attached hydrogens (tertiary/aromatic N) is 3. The third-order valence-electron chi connectivity index (χ3n) is 4.89. The van der Waals surface area contributed by atoms with Crippen molar-refractivity contribution in [1.82, 2.24) is 18.8 Å². The number of aryl methyl sites for hydroxylation is 1.